The number of benzene rings is 1. The van der Waals surface area contributed by atoms with Gasteiger partial charge in [-0.15, -0.1) is 0 Å². The predicted octanol–water partition coefficient (Wildman–Crippen LogP) is 2.57. The van der Waals surface area contributed by atoms with Crippen molar-refractivity contribution in [2.45, 2.75) is 25.0 Å². The van der Waals surface area contributed by atoms with Gasteiger partial charge in [-0.3, -0.25) is 0 Å². The van der Waals surface area contributed by atoms with Crippen molar-refractivity contribution < 1.29 is 27.0 Å². The van der Waals surface area contributed by atoms with Gasteiger partial charge >= 0.3 is 12.2 Å². The van der Waals surface area contributed by atoms with Crippen LogP contribution in [0.2, 0.25) is 0 Å². The minimum absolute atomic E-state index is 0.0400. The molecule has 1 aromatic carbocycles. The summed E-state index contributed by atoms with van der Waals surface area (Å²) in [6.45, 7) is 1.17. The highest BCUT2D eigenvalue weighted by Crippen LogP contribution is 2.29. The summed E-state index contributed by atoms with van der Waals surface area (Å²) >= 11 is 0. The maximum absolute atomic E-state index is 12.8. The Hall–Kier alpha value is -2.26. The first kappa shape index (κ1) is 17.6. The normalized spacial score (nSPS) is 20.6. The van der Waals surface area contributed by atoms with Crippen molar-refractivity contribution in [1.29, 1.82) is 0 Å². The van der Waals surface area contributed by atoms with E-state index >= 15 is 0 Å². The lowest BCUT2D eigenvalue weighted by molar-refractivity contribution is -0.137. The molecule has 2 heterocycles. The van der Waals surface area contributed by atoms with Gasteiger partial charge in [-0.2, -0.15) is 13.2 Å². The Morgan fingerprint density at radius 3 is 2.32 bits per heavy atom. The van der Waals surface area contributed by atoms with Crippen molar-refractivity contribution in [2.24, 2.45) is 0 Å². The van der Waals surface area contributed by atoms with Crippen molar-refractivity contribution in [3.63, 3.8) is 0 Å². The van der Waals surface area contributed by atoms with Gasteiger partial charge in [0, 0.05) is 13.1 Å². The molecule has 3 rings (SSSR count). The Bertz CT molecular complexity index is 692. The van der Waals surface area contributed by atoms with Crippen LogP contribution in [0.4, 0.5) is 17.6 Å². The number of hydrogen-bond acceptors (Lipinski definition) is 5. The third-order valence-corrected chi connectivity index (χ3v) is 3.70. The van der Waals surface area contributed by atoms with Crippen LogP contribution in [0.5, 0.6) is 6.01 Å². The smallest absolute Gasteiger partial charge is 0.416 e. The quantitative estimate of drug-likeness (QED) is 0.834. The zero-order valence-electron chi connectivity index (χ0n) is 13.0. The van der Waals surface area contributed by atoms with Crippen LogP contribution in [0.3, 0.4) is 0 Å². The van der Waals surface area contributed by atoms with E-state index in [4.69, 9.17) is 9.47 Å². The molecule has 134 valence electrons. The maximum Gasteiger partial charge on any atom is 0.416 e. The highest BCUT2D eigenvalue weighted by atomic mass is 19.4. The van der Waals surface area contributed by atoms with Crippen molar-refractivity contribution in [2.75, 3.05) is 13.1 Å². The molecule has 1 fully saturated rings. The topological polar surface area (TPSA) is 56.3 Å². The Kier molecular flexibility index (Phi) is 5.14. The Morgan fingerprint density at radius 1 is 1.04 bits per heavy atom. The van der Waals surface area contributed by atoms with Gasteiger partial charge < -0.3 is 14.8 Å². The minimum atomic E-state index is -4.36. The molecule has 1 saturated heterocycles. The maximum atomic E-state index is 12.8. The average Bonchev–Trinajstić information content (AvgIpc) is 3.02. The fourth-order valence-electron chi connectivity index (χ4n) is 2.40. The molecule has 5 nitrogen and oxygen atoms in total. The van der Waals surface area contributed by atoms with Gasteiger partial charge in [0.25, 0.3) is 0 Å². The van der Waals surface area contributed by atoms with Crippen molar-refractivity contribution in [3.05, 3.63) is 53.6 Å². The van der Waals surface area contributed by atoms with Crippen LogP contribution in [-0.2, 0) is 17.5 Å². The molecular formula is C16H15F4N3O2. The van der Waals surface area contributed by atoms with E-state index in [1.54, 1.807) is 0 Å². The lowest BCUT2D eigenvalue weighted by Crippen LogP contribution is -2.33. The highest BCUT2D eigenvalue weighted by Gasteiger charge is 2.31. The van der Waals surface area contributed by atoms with Crippen LogP contribution < -0.4 is 10.1 Å². The first-order valence-electron chi connectivity index (χ1n) is 7.54. The minimum Gasteiger partial charge on any atom is -0.456 e. The SMILES string of the molecule is Fc1cnc(O[C@@H]2CNC[C@H]2OCc2ccc(C(F)(F)F)cc2)nc1. The largest absolute Gasteiger partial charge is 0.456 e. The molecule has 0 spiro atoms. The van der Waals surface area contributed by atoms with Crippen LogP contribution in [0.15, 0.2) is 36.7 Å². The molecule has 9 heteroatoms. The molecule has 0 saturated carbocycles. The van der Waals surface area contributed by atoms with E-state index in [9.17, 15) is 17.6 Å². The first-order chi connectivity index (χ1) is 11.9. The number of rotatable bonds is 5. The van der Waals surface area contributed by atoms with Crippen molar-refractivity contribution in [1.82, 2.24) is 15.3 Å². The van der Waals surface area contributed by atoms with E-state index in [0.717, 1.165) is 24.5 Å². The van der Waals surface area contributed by atoms with E-state index in [1.807, 2.05) is 0 Å². The Morgan fingerprint density at radius 2 is 1.68 bits per heavy atom. The Labute approximate surface area is 141 Å². The standard InChI is InChI=1S/C16H15F4N3O2/c17-12-5-22-15(23-6-12)25-14-8-21-7-13(14)24-9-10-1-3-11(4-2-10)16(18,19)20/h1-6,13-14,21H,7-9H2/t13-,14-/m1/s1. The number of hydrogen-bond donors (Lipinski definition) is 1. The Balaban J connectivity index is 1.55. The van der Waals surface area contributed by atoms with Crippen LogP contribution in [-0.4, -0.2) is 35.3 Å². The van der Waals surface area contributed by atoms with E-state index in [-0.39, 0.29) is 24.8 Å². The lowest BCUT2D eigenvalue weighted by atomic mass is 10.1. The summed E-state index contributed by atoms with van der Waals surface area (Å²) in [6, 6.07) is 4.84. The summed E-state index contributed by atoms with van der Waals surface area (Å²) in [7, 11) is 0. The molecule has 25 heavy (non-hydrogen) atoms. The third-order valence-electron chi connectivity index (χ3n) is 3.70. The van der Waals surface area contributed by atoms with Gasteiger partial charge in [0.1, 0.15) is 12.2 Å². The molecule has 2 atom stereocenters. The molecule has 0 unspecified atom stereocenters. The summed E-state index contributed by atoms with van der Waals surface area (Å²) in [4.78, 5) is 7.46. The zero-order chi connectivity index (χ0) is 17.9. The first-order valence-corrected chi connectivity index (χ1v) is 7.54. The second-order valence-corrected chi connectivity index (χ2v) is 5.54. The number of aromatic nitrogens is 2. The predicted molar refractivity (Wildman–Crippen MR) is 79.3 cm³/mol. The summed E-state index contributed by atoms with van der Waals surface area (Å²) in [5, 5.41) is 3.09. The van der Waals surface area contributed by atoms with E-state index in [2.05, 4.69) is 15.3 Å². The molecule has 1 aliphatic rings. The number of nitrogens with zero attached hydrogens (tertiary/aromatic N) is 2. The molecule has 0 bridgehead atoms. The summed E-state index contributed by atoms with van der Waals surface area (Å²) in [5.41, 5.74) is -0.0786. The fraction of sp³-hybridized carbons (Fsp3) is 0.375. The molecule has 0 amide bonds. The second kappa shape index (κ2) is 7.32. The summed E-state index contributed by atoms with van der Waals surface area (Å²) in [5.74, 6) is -0.563. The van der Waals surface area contributed by atoms with Gasteiger partial charge in [0.15, 0.2) is 5.82 Å². The van der Waals surface area contributed by atoms with Crippen LogP contribution in [0.1, 0.15) is 11.1 Å². The third kappa shape index (κ3) is 4.64. The van der Waals surface area contributed by atoms with Crippen LogP contribution in [0, 0.1) is 5.82 Å². The molecule has 0 radical (unpaired) electrons. The number of nitrogens with one attached hydrogen (secondary N) is 1. The van der Waals surface area contributed by atoms with Crippen molar-refractivity contribution >= 4 is 0 Å². The van der Waals surface area contributed by atoms with Gasteiger partial charge in [0.2, 0.25) is 0 Å². The molecule has 2 aromatic rings. The number of halogens is 4. The molecular weight excluding hydrogens is 342 g/mol. The fourth-order valence-corrected chi connectivity index (χ4v) is 2.40. The van der Waals surface area contributed by atoms with E-state index < -0.39 is 17.6 Å². The van der Waals surface area contributed by atoms with E-state index in [0.29, 0.717) is 18.7 Å². The lowest BCUT2D eigenvalue weighted by Gasteiger charge is -2.19. The number of ether oxygens (including phenoxy) is 2. The van der Waals surface area contributed by atoms with Crippen LogP contribution >= 0.6 is 0 Å². The summed E-state index contributed by atoms with van der Waals surface area (Å²) < 4.78 is 61.7. The monoisotopic (exact) mass is 357 g/mol. The van der Waals surface area contributed by atoms with Gasteiger partial charge in [-0.25, -0.2) is 14.4 Å². The summed E-state index contributed by atoms with van der Waals surface area (Å²) in [6.07, 6.45) is -3.05. The van der Waals surface area contributed by atoms with Gasteiger partial charge in [0.05, 0.1) is 24.6 Å². The average molecular weight is 357 g/mol. The molecule has 1 N–H and O–H groups in total. The number of alkyl halides is 3. The van der Waals surface area contributed by atoms with Gasteiger partial charge in [-0.1, -0.05) is 12.1 Å². The van der Waals surface area contributed by atoms with E-state index in [1.165, 1.54) is 12.1 Å². The van der Waals surface area contributed by atoms with Crippen LogP contribution in [0.25, 0.3) is 0 Å². The molecule has 0 aliphatic carbocycles. The van der Waals surface area contributed by atoms with Crippen molar-refractivity contribution in [3.8, 4) is 6.01 Å². The second-order valence-electron chi connectivity index (χ2n) is 5.54. The zero-order valence-corrected chi connectivity index (χ0v) is 13.0. The molecule has 1 aromatic heterocycles. The molecule has 1 aliphatic heterocycles. The van der Waals surface area contributed by atoms with Gasteiger partial charge in [-0.05, 0) is 17.7 Å². The highest BCUT2D eigenvalue weighted by molar-refractivity contribution is 5.24.